The minimum absolute atomic E-state index is 0.0235. The minimum Gasteiger partial charge on any atom is -0.352 e. The van der Waals surface area contributed by atoms with Gasteiger partial charge in [-0.25, -0.2) is 0 Å². The van der Waals surface area contributed by atoms with Crippen molar-refractivity contribution in [1.29, 1.82) is 0 Å². The van der Waals surface area contributed by atoms with Crippen LogP contribution in [0.2, 0.25) is 0 Å². The molecule has 0 aromatic carbocycles. The van der Waals surface area contributed by atoms with E-state index in [0.717, 1.165) is 12.8 Å². The van der Waals surface area contributed by atoms with E-state index in [1.165, 1.54) is 12.1 Å². The molecule has 4 nitrogen and oxygen atoms in total. The molecular formula is C12H18N2O2. The average Bonchev–Trinajstić information content (AvgIpc) is 2.21. The van der Waals surface area contributed by atoms with E-state index in [9.17, 15) is 9.59 Å². The Kier molecular flexibility index (Phi) is 4.76. The molecule has 16 heavy (non-hydrogen) atoms. The van der Waals surface area contributed by atoms with Gasteiger partial charge in [0.15, 0.2) is 5.43 Å². The van der Waals surface area contributed by atoms with Gasteiger partial charge in [-0.05, 0) is 13.3 Å². The molecule has 1 atom stereocenters. The van der Waals surface area contributed by atoms with Gasteiger partial charge in [0.1, 0.15) is 6.54 Å². The van der Waals surface area contributed by atoms with Gasteiger partial charge in [-0.1, -0.05) is 13.3 Å². The van der Waals surface area contributed by atoms with Crippen LogP contribution in [0.15, 0.2) is 29.3 Å². The number of carbonyl (C=O) groups excluding carboxylic acids is 1. The van der Waals surface area contributed by atoms with Crippen LogP contribution in [0, 0.1) is 0 Å². The summed E-state index contributed by atoms with van der Waals surface area (Å²) in [7, 11) is 0. The number of hydrogen-bond donors (Lipinski definition) is 1. The summed E-state index contributed by atoms with van der Waals surface area (Å²) in [6.07, 6.45) is 5.27. The van der Waals surface area contributed by atoms with Gasteiger partial charge in [0.05, 0.1) is 0 Å². The average molecular weight is 222 g/mol. The maximum absolute atomic E-state index is 11.6. The van der Waals surface area contributed by atoms with E-state index in [0.29, 0.717) is 0 Å². The number of amides is 1. The smallest absolute Gasteiger partial charge is 0.240 e. The predicted molar refractivity (Wildman–Crippen MR) is 63.2 cm³/mol. The van der Waals surface area contributed by atoms with Gasteiger partial charge < -0.3 is 9.88 Å². The molecule has 0 aliphatic rings. The Hall–Kier alpha value is -1.58. The van der Waals surface area contributed by atoms with Gasteiger partial charge >= 0.3 is 0 Å². The fourth-order valence-corrected chi connectivity index (χ4v) is 1.54. The highest BCUT2D eigenvalue weighted by molar-refractivity contribution is 5.75. The predicted octanol–water partition coefficient (Wildman–Crippen LogP) is 1.15. The molecule has 0 spiro atoms. The van der Waals surface area contributed by atoms with E-state index in [4.69, 9.17) is 0 Å². The third kappa shape index (κ3) is 4.29. The van der Waals surface area contributed by atoms with Crippen LogP contribution in [0.4, 0.5) is 0 Å². The molecule has 4 heteroatoms. The number of pyridine rings is 1. The van der Waals surface area contributed by atoms with E-state index < -0.39 is 0 Å². The lowest BCUT2D eigenvalue weighted by atomic mass is 10.2. The van der Waals surface area contributed by atoms with Gasteiger partial charge in [0.25, 0.3) is 0 Å². The lowest BCUT2D eigenvalue weighted by molar-refractivity contribution is -0.122. The monoisotopic (exact) mass is 222 g/mol. The molecular weight excluding hydrogens is 204 g/mol. The lowest BCUT2D eigenvalue weighted by Gasteiger charge is -2.13. The van der Waals surface area contributed by atoms with E-state index >= 15 is 0 Å². The summed E-state index contributed by atoms with van der Waals surface area (Å²) in [6, 6.07) is 3.10. The van der Waals surface area contributed by atoms with Crippen LogP contribution < -0.4 is 10.7 Å². The van der Waals surface area contributed by atoms with Crippen molar-refractivity contribution in [2.24, 2.45) is 0 Å². The molecule has 1 aromatic rings. The zero-order valence-electron chi connectivity index (χ0n) is 9.77. The molecule has 0 radical (unpaired) electrons. The molecule has 0 bridgehead atoms. The minimum atomic E-state index is -0.0454. The normalized spacial score (nSPS) is 12.1. The third-order valence-corrected chi connectivity index (χ3v) is 2.32. The van der Waals surface area contributed by atoms with Crippen LogP contribution in [0.1, 0.15) is 26.7 Å². The van der Waals surface area contributed by atoms with Gasteiger partial charge in [-0.2, -0.15) is 0 Å². The van der Waals surface area contributed by atoms with Crippen molar-refractivity contribution in [3.8, 4) is 0 Å². The maximum Gasteiger partial charge on any atom is 0.240 e. The summed E-state index contributed by atoms with van der Waals surface area (Å²) >= 11 is 0. The standard InChI is InChI=1S/C12H18N2O2/c1-3-4-10(2)13-12(16)9-14-7-5-11(15)6-8-14/h5-8,10H,3-4,9H2,1-2H3,(H,13,16). The van der Waals surface area contributed by atoms with Crippen molar-refractivity contribution in [1.82, 2.24) is 9.88 Å². The zero-order valence-corrected chi connectivity index (χ0v) is 9.77. The van der Waals surface area contributed by atoms with Gasteiger partial charge in [-0.3, -0.25) is 9.59 Å². The quantitative estimate of drug-likeness (QED) is 0.812. The second kappa shape index (κ2) is 6.10. The molecule has 0 saturated heterocycles. The number of nitrogens with one attached hydrogen (secondary N) is 1. The Morgan fingerprint density at radius 2 is 2.06 bits per heavy atom. The summed E-state index contributed by atoms with van der Waals surface area (Å²) in [5.74, 6) is -0.0235. The maximum atomic E-state index is 11.6. The summed E-state index contributed by atoms with van der Waals surface area (Å²) in [4.78, 5) is 22.4. The van der Waals surface area contributed by atoms with Crippen LogP contribution in [-0.4, -0.2) is 16.5 Å². The Balaban J connectivity index is 2.45. The summed E-state index contributed by atoms with van der Waals surface area (Å²) in [5, 5.41) is 2.91. The van der Waals surface area contributed by atoms with E-state index in [-0.39, 0.29) is 23.9 Å². The lowest BCUT2D eigenvalue weighted by Crippen LogP contribution is -2.35. The largest absolute Gasteiger partial charge is 0.352 e. The van der Waals surface area contributed by atoms with Gasteiger partial charge in [0.2, 0.25) is 5.91 Å². The number of hydrogen-bond acceptors (Lipinski definition) is 2. The van der Waals surface area contributed by atoms with Crippen LogP contribution in [-0.2, 0) is 11.3 Å². The van der Waals surface area contributed by atoms with Crippen LogP contribution in [0.25, 0.3) is 0 Å². The van der Waals surface area contributed by atoms with Crippen molar-refractivity contribution < 1.29 is 4.79 Å². The first kappa shape index (κ1) is 12.5. The Bertz CT molecular complexity index is 378. The number of nitrogens with zero attached hydrogens (tertiary/aromatic N) is 1. The van der Waals surface area contributed by atoms with Crippen molar-refractivity contribution in [3.63, 3.8) is 0 Å². The van der Waals surface area contributed by atoms with E-state index in [1.54, 1.807) is 17.0 Å². The van der Waals surface area contributed by atoms with Gasteiger partial charge in [0, 0.05) is 30.6 Å². The van der Waals surface area contributed by atoms with E-state index in [2.05, 4.69) is 12.2 Å². The fourth-order valence-electron chi connectivity index (χ4n) is 1.54. The molecule has 1 amide bonds. The molecule has 1 unspecified atom stereocenters. The first-order valence-electron chi connectivity index (χ1n) is 5.57. The second-order valence-corrected chi connectivity index (χ2v) is 3.96. The Morgan fingerprint density at radius 1 is 1.44 bits per heavy atom. The molecule has 88 valence electrons. The second-order valence-electron chi connectivity index (χ2n) is 3.96. The van der Waals surface area contributed by atoms with Crippen molar-refractivity contribution in [2.75, 3.05) is 0 Å². The SMILES string of the molecule is CCCC(C)NC(=O)Cn1ccc(=O)cc1. The first-order valence-corrected chi connectivity index (χ1v) is 5.57. The molecule has 1 rings (SSSR count). The highest BCUT2D eigenvalue weighted by Gasteiger charge is 2.05. The summed E-state index contributed by atoms with van der Waals surface area (Å²) in [6.45, 7) is 4.34. The van der Waals surface area contributed by atoms with Crippen LogP contribution in [0.5, 0.6) is 0 Å². The van der Waals surface area contributed by atoms with Crippen molar-refractivity contribution >= 4 is 5.91 Å². The first-order chi connectivity index (χ1) is 7.61. The van der Waals surface area contributed by atoms with Gasteiger partial charge in [-0.15, -0.1) is 0 Å². The molecule has 0 saturated carbocycles. The summed E-state index contributed by atoms with van der Waals surface area (Å²) < 4.78 is 1.69. The highest BCUT2D eigenvalue weighted by Crippen LogP contribution is 1.95. The summed E-state index contributed by atoms with van der Waals surface area (Å²) in [5.41, 5.74) is -0.0454. The van der Waals surface area contributed by atoms with Crippen LogP contribution in [0.3, 0.4) is 0 Å². The third-order valence-electron chi connectivity index (χ3n) is 2.32. The molecule has 1 heterocycles. The topological polar surface area (TPSA) is 51.1 Å². The number of carbonyl (C=O) groups is 1. The van der Waals surface area contributed by atoms with Crippen molar-refractivity contribution in [3.05, 3.63) is 34.7 Å². The van der Waals surface area contributed by atoms with Crippen molar-refractivity contribution in [2.45, 2.75) is 39.3 Å². The fraction of sp³-hybridized carbons (Fsp3) is 0.500. The van der Waals surface area contributed by atoms with Crippen LogP contribution >= 0.6 is 0 Å². The molecule has 0 aliphatic heterocycles. The molecule has 0 aliphatic carbocycles. The Labute approximate surface area is 95.3 Å². The molecule has 1 N–H and O–H groups in total. The highest BCUT2D eigenvalue weighted by atomic mass is 16.2. The zero-order chi connectivity index (χ0) is 12.0. The molecule has 0 fully saturated rings. The molecule has 1 aromatic heterocycles. The van der Waals surface area contributed by atoms with E-state index in [1.807, 2.05) is 6.92 Å². The Morgan fingerprint density at radius 3 is 2.62 bits per heavy atom. The number of aromatic nitrogens is 1. The number of rotatable bonds is 5.